The number of benzene rings is 1. The number of carbonyl (C=O) groups is 2. The molecule has 22 heavy (non-hydrogen) atoms. The molecular formula is C17H22FNO3. The molecule has 1 aromatic rings. The van der Waals surface area contributed by atoms with Crippen molar-refractivity contribution in [1.29, 1.82) is 0 Å². The van der Waals surface area contributed by atoms with E-state index in [1.54, 1.807) is 51.1 Å². The summed E-state index contributed by atoms with van der Waals surface area (Å²) < 4.78 is 14.9. The van der Waals surface area contributed by atoms with Gasteiger partial charge in [-0.05, 0) is 20.8 Å². The van der Waals surface area contributed by atoms with Crippen LogP contribution in [-0.4, -0.2) is 35.6 Å². The molecule has 4 nitrogen and oxygen atoms in total. The number of ketones is 1. The molecule has 0 amide bonds. The van der Waals surface area contributed by atoms with Crippen molar-refractivity contribution < 1.29 is 18.8 Å². The molecule has 2 rings (SSSR count). The molecule has 0 radical (unpaired) electrons. The van der Waals surface area contributed by atoms with Crippen LogP contribution in [-0.2, 0) is 9.63 Å². The van der Waals surface area contributed by atoms with Crippen LogP contribution in [0, 0.1) is 5.41 Å². The Morgan fingerprint density at radius 1 is 1.14 bits per heavy atom. The first-order valence-corrected chi connectivity index (χ1v) is 7.48. The Bertz CT molecular complexity index is 543. The number of alkyl halides is 1. The number of rotatable bonds is 3. The Balaban J connectivity index is 1.96. The van der Waals surface area contributed by atoms with E-state index in [0.29, 0.717) is 5.56 Å². The van der Waals surface area contributed by atoms with Crippen molar-refractivity contribution in [2.24, 2.45) is 5.41 Å². The lowest BCUT2D eigenvalue weighted by Crippen LogP contribution is -2.47. The van der Waals surface area contributed by atoms with Crippen LogP contribution in [0.25, 0.3) is 0 Å². The highest BCUT2D eigenvalue weighted by atomic mass is 19.1. The molecule has 1 fully saturated rings. The van der Waals surface area contributed by atoms with Crippen molar-refractivity contribution in [3.63, 3.8) is 0 Å². The van der Waals surface area contributed by atoms with Crippen LogP contribution in [0.15, 0.2) is 30.3 Å². The molecule has 1 saturated heterocycles. The topological polar surface area (TPSA) is 46.6 Å². The number of hydrogen-bond donors (Lipinski definition) is 0. The molecule has 0 N–H and O–H groups in total. The summed E-state index contributed by atoms with van der Waals surface area (Å²) in [7, 11) is 0. The zero-order valence-corrected chi connectivity index (χ0v) is 13.3. The number of piperidine rings is 1. The highest BCUT2D eigenvalue weighted by Gasteiger charge is 2.43. The van der Waals surface area contributed by atoms with Gasteiger partial charge in [-0.2, -0.15) is 0 Å². The van der Waals surface area contributed by atoms with E-state index < -0.39 is 16.9 Å². The zero-order chi connectivity index (χ0) is 16.4. The highest BCUT2D eigenvalue weighted by molar-refractivity contribution is 6.02. The summed E-state index contributed by atoms with van der Waals surface area (Å²) in [4.78, 5) is 29.4. The van der Waals surface area contributed by atoms with E-state index in [-0.39, 0.29) is 31.9 Å². The summed E-state index contributed by atoms with van der Waals surface area (Å²) in [6, 6.07) is 8.47. The predicted octanol–water partition coefficient (Wildman–Crippen LogP) is 3.18. The minimum Gasteiger partial charge on any atom is -0.367 e. The van der Waals surface area contributed by atoms with Crippen molar-refractivity contribution in [1.82, 2.24) is 5.06 Å². The summed E-state index contributed by atoms with van der Waals surface area (Å²) in [5.41, 5.74) is -2.11. The Hall–Kier alpha value is -1.75. The van der Waals surface area contributed by atoms with Gasteiger partial charge in [0.25, 0.3) is 0 Å². The lowest BCUT2D eigenvalue weighted by Gasteiger charge is -2.35. The van der Waals surface area contributed by atoms with Gasteiger partial charge in [0.15, 0.2) is 11.5 Å². The molecule has 1 aromatic carbocycles. The molecule has 0 aliphatic carbocycles. The monoisotopic (exact) mass is 307 g/mol. The molecule has 0 unspecified atom stereocenters. The van der Waals surface area contributed by atoms with Gasteiger partial charge in [-0.15, -0.1) is 5.06 Å². The van der Waals surface area contributed by atoms with Gasteiger partial charge >= 0.3 is 5.97 Å². The second-order valence-electron chi connectivity index (χ2n) is 6.72. The first-order chi connectivity index (χ1) is 10.2. The zero-order valence-electron chi connectivity index (χ0n) is 13.3. The normalized spacial score (nSPS) is 18.7. The van der Waals surface area contributed by atoms with Crippen LogP contribution < -0.4 is 0 Å². The maximum Gasteiger partial charge on any atom is 0.330 e. The van der Waals surface area contributed by atoms with Gasteiger partial charge in [0.2, 0.25) is 0 Å². The Labute approximate surface area is 130 Å². The van der Waals surface area contributed by atoms with Crippen LogP contribution in [0.1, 0.15) is 44.0 Å². The molecular weight excluding hydrogens is 285 g/mol. The second-order valence-corrected chi connectivity index (χ2v) is 6.72. The van der Waals surface area contributed by atoms with Crippen molar-refractivity contribution in [2.45, 2.75) is 39.3 Å². The van der Waals surface area contributed by atoms with E-state index in [4.69, 9.17) is 4.84 Å². The Kier molecular flexibility index (Phi) is 4.66. The first kappa shape index (κ1) is 16.6. The van der Waals surface area contributed by atoms with Gasteiger partial charge in [-0.25, -0.2) is 9.18 Å². The lowest BCUT2D eigenvalue weighted by molar-refractivity contribution is -0.208. The third-order valence-corrected chi connectivity index (χ3v) is 3.78. The standard InChI is InChI=1S/C17H22FNO3/c1-16(2,3)15(21)22-19-11-9-17(18,10-12-19)14(20)13-7-5-4-6-8-13/h4-8H,9-12H2,1-3H3. The summed E-state index contributed by atoms with van der Waals surface area (Å²) in [6.45, 7) is 5.72. The second kappa shape index (κ2) is 6.16. The van der Waals surface area contributed by atoms with Gasteiger partial charge in [0, 0.05) is 31.5 Å². The number of halogens is 1. The molecule has 0 saturated carbocycles. The van der Waals surface area contributed by atoms with Gasteiger partial charge in [-0.1, -0.05) is 30.3 Å². The maximum atomic E-state index is 14.9. The van der Waals surface area contributed by atoms with Gasteiger partial charge in [0.05, 0.1) is 5.41 Å². The minimum absolute atomic E-state index is 0.0259. The Morgan fingerprint density at radius 2 is 1.68 bits per heavy atom. The van der Waals surface area contributed by atoms with E-state index in [1.165, 1.54) is 5.06 Å². The van der Waals surface area contributed by atoms with E-state index in [2.05, 4.69) is 0 Å². The van der Waals surface area contributed by atoms with E-state index in [0.717, 1.165) is 0 Å². The molecule has 0 atom stereocenters. The van der Waals surface area contributed by atoms with E-state index >= 15 is 0 Å². The van der Waals surface area contributed by atoms with Crippen molar-refractivity contribution >= 4 is 11.8 Å². The van der Waals surface area contributed by atoms with Crippen LogP contribution in [0.4, 0.5) is 4.39 Å². The number of hydrogen-bond acceptors (Lipinski definition) is 4. The SMILES string of the molecule is CC(C)(C)C(=O)ON1CCC(F)(C(=O)c2ccccc2)CC1. The van der Waals surface area contributed by atoms with Crippen LogP contribution >= 0.6 is 0 Å². The Morgan fingerprint density at radius 3 is 2.18 bits per heavy atom. The third kappa shape index (κ3) is 3.71. The maximum absolute atomic E-state index is 14.9. The molecule has 0 spiro atoms. The molecule has 0 bridgehead atoms. The average Bonchev–Trinajstić information content (AvgIpc) is 2.49. The number of Topliss-reactive ketones (excluding diaryl/α,β-unsaturated/α-hetero) is 1. The first-order valence-electron chi connectivity index (χ1n) is 7.48. The van der Waals surface area contributed by atoms with Crippen LogP contribution in [0.2, 0.25) is 0 Å². The van der Waals surface area contributed by atoms with Crippen LogP contribution in [0.3, 0.4) is 0 Å². The molecule has 1 heterocycles. The fraction of sp³-hybridized carbons (Fsp3) is 0.529. The van der Waals surface area contributed by atoms with E-state index in [1.807, 2.05) is 0 Å². The van der Waals surface area contributed by atoms with E-state index in [9.17, 15) is 14.0 Å². The molecule has 5 heteroatoms. The van der Waals surface area contributed by atoms with Gasteiger partial charge in [-0.3, -0.25) is 4.79 Å². The predicted molar refractivity (Wildman–Crippen MR) is 81.0 cm³/mol. The fourth-order valence-corrected chi connectivity index (χ4v) is 2.26. The molecule has 120 valence electrons. The molecule has 1 aliphatic rings. The lowest BCUT2D eigenvalue weighted by atomic mass is 9.86. The quantitative estimate of drug-likeness (QED) is 0.805. The summed E-state index contributed by atoms with van der Waals surface area (Å²) >= 11 is 0. The summed E-state index contributed by atoms with van der Waals surface area (Å²) in [5.74, 6) is -0.844. The van der Waals surface area contributed by atoms with Gasteiger partial charge < -0.3 is 4.84 Å². The van der Waals surface area contributed by atoms with Crippen molar-refractivity contribution in [3.05, 3.63) is 35.9 Å². The number of hydroxylamine groups is 2. The van der Waals surface area contributed by atoms with Crippen molar-refractivity contribution in [3.8, 4) is 0 Å². The number of nitrogens with zero attached hydrogens (tertiary/aromatic N) is 1. The molecule has 1 aliphatic heterocycles. The van der Waals surface area contributed by atoms with Gasteiger partial charge in [0.1, 0.15) is 0 Å². The minimum atomic E-state index is -1.88. The summed E-state index contributed by atoms with van der Waals surface area (Å²) in [6.07, 6.45) is 0.0519. The average molecular weight is 307 g/mol. The smallest absolute Gasteiger partial charge is 0.330 e. The van der Waals surface area contributed by atoms with Crippen LogP contribution in [0.5, 0.6) is 0 Å². The fourth-order valence-electron chi connectivity index (χ4n) is 2.26. The highest BCUT2D eigenvalue weighted by Crippen LogP contribution is 2.31. The third-order valence-electron chi connectivity index (χ3n) is 3.78. The summed E-state index contributed by atoms with van der Waals surface area (Å²) in [5, 5.41) is 1.45. The molecule has 0 aromatic heterocycles. The largest absolute Gasteiger partial charge is 0.367 e. The number of carbonyl (C=O) groups excluding carboxylic acids is 2. The van der Waals surface area contributed by atoms with Crippen molar-refractivity contribution in [2.75, 3.05) is 13.1 Å².